The Morgan fingerprint density at radius 3 is 2.78 bits per heavy atom. The SMILES string of the molecule is Cc1ccc(CCN(C[C@@H]2CCCO2)C(=O)c2ccon2)cc1. The van der Waals surface area contributed by atoms with E-state index < -0.39 is 0 Å². The van der Waals surface area contributed by atoms with Gasteiger partial charge in [-0.25, -0.2) is 0 Å². The van der Waals surface area contributed by atoms with Crippen LogP contribution in [0.4, 0.5) is 0 Å². The van der Waals surface area contributed by atoms with Crippen LogP contribution in [-0.4, -0.2) is 41.8 Å². The first-order valence-corrected chi connectivity index (χ1v) is 8.09. The van der Waals surface area contributed by atoms with Gasteiger partial charge in [-0.1, -0.05) is 35.0 Å². The molecule has 1 aromatic carbocycles. The van der Waals surface area contributed by atoms with Crippen LogP contribution in [0.15, 0.2) is 41.1 Å². The largest absolute Gasteiger partial charge is 0.376 e. The van der Waals surface area contributed by atoms with Gasteiger partial charge in [0.2, 0.25) is 0 Å². The third-order valence-electron chi connectivity index (χ3n) is 4.18. The highest BCUT2D eigenvalue weighted by Gasteiger charge is 2.24. The van der Waals surface area contributed by atoms with Crippen LogP contribution >= 0.6 is 0 Å². The van der Waals surface area contributed by atoms with Crippen molar-refractivity contribution in [2.45, 2.75) is 32.3 Å². The lowest BCUT2D eigenvalue weighted by molar-refractivity contribution is 0.0521. The maximum atomic E-state index is 12.6. The zero-order valence-corrected chi connectivity index (χ0v) is 13.4. The van der Waals surface area contributed by atoms with Crippen LogP contribution in [0.25, 0.3) is 0 Å². The number of hydrogen-bond donors (Lipinski definition) is 0. The molecule has 0 bridgehead atoms. The topological polar surface area (TPSA) is 55.6 Å². The van der Waals surface area contributed by atoms with Crippen molar-refractivity contribution in [2.24, 2.45) is 0 Å². The predicted molar refractivity (Wildman–Crippen MR) is 86.3 cm³/mol. The van der Waals surface area contributed by atoms with E-state index in [1.807, 2.05) is 4.90 Å². The van der Waals surface area contributed by atoms with Crippen molar-refractivity contribution in [3.8, 4) is 0 Å². The molecule has 1 atom stereocenters. The third-order valence-corrected chi connectivity index (χ3v) is 4.18. The van der Waals surface area contributed by atoms with Gasteiger partial charge in [0.1, 0.15) is 6.26 Å². The molecule has 5 heteroatoms. The average Bonchev–Trinajstić information content (AvgIpc) is 3.26. The highest BCUT2D eigenvalue weighted by atomic mass is 16.5. The number of carbonyl (C=O) groups is 1. The molecule has 0 spiro atoms. The highest BCUT2D eigenvalue weighted by Crippen LogP contribution is 2.15. The van der Waals surface area contributed by atoms with Gasteiger partial charge in [0, 0.05) is 25.8 Å². The molecule has 2 aromatic rings. The average molecular weight is 314 g/mol. The molecule has 2 heterocycles. The summed E-state index contributed by atoms with van der Waals surface area (Å²) in [5.74, 6) is -0.0960. The smallest absolute Gasteiger partial charge is 0.276 e. The Balaban J connectivity index is 1.66. The molecule has 0 N–H and O–H groups in total. The van der Waals surface area contributed by atoms with Crippen LogP contribution in [0.3, 0.4) is 0 Å². The van der Waals surface area contributed by atoms with E-state index in [0.717, 1.165) is 25.9 Å². The second kappa shape index (κ2) is 7.42. The van der Waals surface area contributed by atoms with Crippen molar-refractivity contribution in [1.82, 2.24) is 10.1 Å². The lowest BCUT2D eigenvalue weighted by atomic mass is 10.1. The lowest BCUT2D eigenvalue weighted by Gasteiger charge is -2.24. The van der Waals surface area contributed by atoms with Crippen LogP contribution in [0, 0.1) is 6.92 Å². The first kappa shape index (κ1) is 15.7. The van der Waals surface area contributed by atoms with Gasteiger partial charge in [0.05, 0.1) is 6.10 Å². The molecule has 1 aliphatic heterocycles. The van der Waals surface area contributed by atoms with Crippen LogP contribution < -0.4 is 0 Å². The zero-order chi connectivity index (χ0) is 16.1. The van der Waals surface area contributed by atoms with Crippen molar-refractivity contribution in [3.05, 3.63) is 53.4 Å². The van der Waals surface area contributed by atoms with Gasteiger partial charge in [0.15, 0.2) is 5.69 Å². The second-order valence-corrected chi connectivity index (χ2v) is 6.01. The maximum absolute atomic E-state index is 12.6. The Kier molecular flexibility index (Phi) is 5.08. The molecule has 3 rings (SSSR count). The summed E-state index contributed by atoms with van der Waals surface area (Å²) in [5.41, 5.74) is 2.82. The molecule has 1 fully saturated rings. The lowest BCUT2D eigenvalue weighted by Crippen LogP contribution is -2.39. The van der Waals surface area contributed by atoms with Gasteiger partial charge >= 0.3 is 0 Å². The van der Waals surface area contributed by atoms with E-state index in [4.69, 9.17) is 9.26 Å². The summed E-state index contributed by atoms with van der Waals surface area (Å²) in [7, 11) is 0. The van der Waals surface area contributed by atoms with Gasteiger partial charge in [-0.15, -0.1) is 0 Å². The molecule has 0 saturated carbocycles. The van der Waals surface area contributed by atoms with Crippen molar-refractivity contribution in [1.29, 1.82) is 0 Å². The van der Waals surface area contributed by atoms with E-state index in [0.29, 0.717) is 18.8 Å². The van der Waals surface area contributed by atoms with Crippen molar-refractivity contribution >= 4 is 5.91 Å². The van der Waals surface area contributed by atoms with Crippen LogP contribution in [0.5, 0.6) is 0 Å². The van der Waals surface area contributed by atoms with Crippen molar-refractivity contribution in [3.63, 3.8) is 0 Å². The highest BCUT2D eigenvalue weighted by molar-refractivity contribution is 5.92. The van der Waals surface area contributed by atoms with Gasteiger partial charge in [0.25, 0.3) is 5.91 Å². The fourth-order valence-corrected chi connectivity index (χ4v) is 2.81. The monoisotopic (exact) mass is 314 g/mol. The summed E-state index contributed by atoms with van der Waals surface area (Å²) in [6.07, 6.45) is 4.44. The predicted octanol–water partition coefficient (Wildman–Crippen LogP) is 2.85. The minimum Gasteiger partial charge on any atom is -0.376 e. The number of hydrogen-bond acceptors (Lipinski definition) is 4. The Hall–Kier alpha value is -2.14. The van der Waals surface area contributed by atoms with Gasteiger partial charge in [-0.3, -0.25) is 4.79 Å². The van der Waals surface area contributed by atoms with E-state index in [2.05, 4.69) is 36.3 Å². The number of rotatable bonds is 6. The number of nitrogens with zero attached hydrogens (tertiary/aromatic N) is 2. The molecule has 122 valence electrons. The van der Waals surface area contributed by atoms with E-state index in [1.165, 1.54) is 17.4 Å². The molecular formula is C18H22N2O3. The standard InChI is InChI=1S/C18H22N2O3/c1-14-4-6-15(7-5-14)8-10-20(13-16-3-2-11-22-16)18(21)17-9-12-23-19-17/h4-7,9,12,16H,2-3,8,10-11,13H2,1H3/t16-/m0/s1. The number of ether oxygens (including phenoxy) is 1. The van der Waals surface area contributed by atoms with E-state index in [1.54, 1.807) is 6.07 Å². The third kappa shape index (κ3) is 4.20. The summed E-state index contributed by atoms with van der Waals surface area (Å²) in [4.78, 5) is 14.4. The molecule has 0 aliphatic carbocycles. The summed E-state index contributed by atoms with van der Waals surface area (Å²) in [6, 6.07) is 10.0. The minimum atomic E-state index is -0.0960. The minimum absolute atomic E-state index is 0.0960. The summed E-state index contributed by atoms with van der Waals surface area (Å²) >= 11 is 0. The number of aromatic nitrogens is 1. The molecular weight excluding hydrogens is 292 g/mol. The first-order valence-electron chi connectivity index (χ1n) is 8.09. The first-order chi connectivity index (χ1) is 11.2. The molecule has 23 heavy (non-hydrogen) atoms. The van der Waals surface area contributed by atoms with Crippen molar-refractivity contribution < 1.29 is 14.1 Å². The fourth-order valence-electron chi connectivity index (χ4n) is 2.81. The number of amides is 1. The molecule has 1 aliphatic rings. The van der Waals surface area contributed by atoms with Gasteiger partial charge in [-0.05, 0) is 31.7 Å². The molecule has 0 radical (unpaired) electrons. The van der Waals surface area contributed by atoms with Crippen LogP contribution in [0.2, 0.25) is 0 Å². The molecule has 1 amide bonds. The summed E-state index contributed by atoms with van der Waals surface area (Å²) in [6.45, 7) is 4.11. The van der Waals surface area contributed by atoms with Gasteiger partial charge in [-0.2, -0.15) is 0 Å². The summed E-state index contributed by atoms with van der Waals surface area (Å²) in [5, 5.41) is 3.77. The Labute approximate surface area is 136 Å². The quantitative estimate of drug-likeness (QED) is 0.823. The maximum Gasteiger partial charge on any atom is 0.276 e. The zero-order valence-electron chi connectivity index (χ0n) is 13.4. The molecule has 0 unspecified atom stereocenters. The second-order valence-electron chi connectivity index (χ2n) is 6.01. The van der Waals surface area contributed by atoms with Gasteiger partial charge < -0.3 is 14.2 Å². The van der Waals surface area contributed by atoms with E-state index >= 15 is 0 Å². The fraction of sp³-hybridized carbons (Fsp3) is 0.444. The van der Waals surface area contributed by atoms with Crippen molar-refractivity contribution in [2.75, 3.05) is 19.7 Å². The molecule has 1 saturated heterocycles. The Morgan fingerprint density at radius 1 is 1.30 bits per heavy atom. The van der Waals surface area contributed by atoms with Crippen LogP contribution in [-0.2, 0) is 11.2 Å². The Morgan fingerprint density at radius 2 is 2.13 bits per heavy atom. The summed E-state index contributed by atoms with van der Waals surface area (Å²) < 4.78 is 10.5. The van der Waals surface area contributed by atoms with E-state index in [-0.39, 0.29) is 12.0 Å². The molecule has 5 nitrogen and oxygen atoms in total. The van der Waals surface area contributed by atoms with Crippen LogP contribution in [0.1, 0.15) is 34.5 Å². The Bertz CT molecular complexity index is 616. The number of carbonyl (C=O) groups excluding carboxylic acids is 1. The molecule has 1 aromatic heterocycles. The number of benzene rings is 1. The number of aryl methyl sites for hydroxylation is 1. The normalized spacial score (nSPS) is 17.3. The van der Waals surface area contributed by atoms with E-state index in [9.17, 15) is 4.79 Å².